The minimum atomic E-state index is -4.58. The van der Waals surface area contributed by atoms with Crippen molar-refractivity contribution in [3.05, 3.63) is 87.6 Å². The Kier molecular flexibility index (Phi) is 14.8. The van der Waals surface area contributed by atoms with Crippen LogP contribution in [0.4, 0.5) is 33.3 Å². The molecule has 0 radical (unpaired) electrons. The number of alkyl halides is 3. The van der Waals surface area contributed by atoms with Gasteiger partial charge in [0.1, 0.15) is 22.4 Å². The maximum absolute atomic E-state index is 14.3. The van der Waals surface area contributed by atoms with Crippen LogP contribution < -0.4 is 20.5 Å². The van der Waals surface area contributed by atoms with Crippen molar-refractivity contribution in [2.75, 3.05) is 27.7 Å². The summed E-state index contributed by atoms with van der Waals surface area (Å²) in [4.78, 5) is 15.9. The normalized spacial score (nSPS) is 11.6. The van der Waals surface area contributed by atoms with E-state index in [4.69, 9.17) is 18.6 Å². The fourth-order valence-corrected chi connectivity index (χ4v) is 5.83. The second-order valence-electron chi connectivity index (χ2n) is 10.2. The number of hydrogen-bond donors (Lipinski definition) is 4. The molecule has 50 heavy (non-hydrogen) atoms. The quantitative estimate of drug-likeness (QED) is 0.0864. The number of rotatable bonds is 12. The number of terminal acetylenes is 2. The summed E-state index contributed by atoms with van der Waals surface area (Å²) < 4.78 is 116. The van der Waals surface area contributed by atoms with Gasteiger partial charge in [-0.05, 0) is 59.7 Å². The molecule has 0 fully saturated rings. The number of nitrogens with two attached hydrogens (primary N) is 1. The Hall–Kier alpha value is -4.62. The number of benzene rings is 2. The number of pyridine rings is 1. The van der Waals surface area contributed by atoms with Crippen molar-refractivity contribution in [1.82, 2.24) is 10.3 Å². The highest BCUT2D eigenvalue weighted by molar-refractivity contribution is 7.99. The number of halogens is 5. The van der Waals surface area contributed by atoms with Crippen LogP contribution in [0.15, 0.2) is 47.5 Å². The van der Waals surface area contributed by atoms with E-state index in [0.717, 1.165) is 55.0 Å². The highest BCUT2D eigenvalue weighted by atomic mass is 32.2. The van der Waals surface area contributed by atoms with E-state index in [1.54, 1.807) is 0 Å². The van der Waals surface area contributed by atoms with Crippen LogP contribution in [0.25, 0.3) is 6.08 Å². The third kappa shape index (κ3) is 13.4. The summed E-state index contributed by atoms with van der Waals surface area (Å²) in [6, 6.07) is 7.06. The van der Waals surface area contributed by atoms with Gasteiger partial charge < -0.3 is 11.1 Å². The van der Waals surface area contributed by atoms with E-state index >= 15 is 0 Å². The number of carbonyl (C=O) groups excluding carboxylic acids is 1. The number of nitrogens with zero attached hydrogens (tertiary/aromatic N) is 1. The molecule has 1 heterocycles. The number of sulfonamides is 2. The molecule has 0 unspecified atom stereocenters. The van der Waals surface area contributed by atoms with Gasteiger partial charge in [-0.25, -0.2) is 30.6 Å². The molecule has 0 aliphatic heterocycles. The molecule has 0 saturated carbocycles. The molecule has 268 valence electrons. The van der Waals surface area contributed by atoms with Gasteiger partial charge in [0.2, 0.25) is 26.0 Å². The molecular formula is C32H32F5N5O5S3. The molecule has 18 heteroatoms. The predicted octanol–water partition coefficient (Wildman–Crippen LogP) is 5.06. The van der Waals surface area contributed by atoms with Gasteiger partial charge in [-0.3, -0.25) is 14.2 Å². The fraction of sp³-hybridized carbons (Fsp3) is 0.250. The standard InChI is InChI=1S/C22H21F4N3O3S2.C10H11FN2O2S/c1-4-10-33-21-16(6-8-18(28-21)22(24,25)26)7-9-19(30)27-13-14-11-15(5-2)20(17(23)12-14)29-34(3,31)32;1-3-8-4-7(6-12)5-9(11)10(8)13-16(2,14)15/h2,6-9,11-12,29H,4,10,13H2,1,3H3,(H,27,30);1,4-5,13H,6,12H2,2H3/b9-7-;. The minimum absolute atomic E-state index is 0.0429. The molecule has 5 N–H and O–H groups in total. The largest absolute Gasteiger partial charge is 0.433 e. The Morgan fingerprint density at radius 3 is 1.92 bits per heavy atom. The van der Waals surface area contributed by atoms with Crippen molar-refractivity contribution in [2.24, 2.45) is 5.73 Å². The monoisotopic (exact) mass is 757 g/mol. The lowest BCUT2D eigenvalue weighted by molar-refractivity contribution is -0.141. The van der Waals surface area contributed by atoms with E-state index < -0.39 is 49.5 Å². The molecule has 0 saturated heterocycles. The first-order chi connectivity index (χ1) is 23.2. The topological polar surface area (TPSA) is 160 Å². The predicted molar refractivity (Wildman–Crippen MR) is 185 cm³/mol. The van der Waals surface area contributed by atoms with Gasteiger partial charge in [-0.15, -0.1) is 24.6 Å². The molecule has 1 aromatic heterocycles. The molecule has 2 aromatic carbocycles. The van der Waals surface area contributed by atoms with Crippen molar-refractivity contribution in [3.8, 4) is 24.7 Å². The van der Waals surface area contributed by atoms with E-state index in [2.05, 4.69) is 22.1 Å². The Labute approximate surface area is 291 Å². The average molecular weight is 758 g/mol. The second kappa shape index (κ2) is 17.9. The molecule has 0 atom stereocenters. The first kappa shape index (κ1) is 41.6. The molecule has 3 aromatic rings. The molecule has 0 aliphatic rings. The first-order valence-corrected chi connectivity index (χ1v) is 18.9. The Balaban J connectivity index is 0.000000452. The second-order valence-corrected chi connectivity index (χ2v) is 14.8. The maximum atomic E-state index is 14.3. The Morgan fingerprint density at radius 1 is 0.940 bits per heavy atom. The van der Waals surface area contributed by atoms with Crippen LogP contribution in [-0.2, 0) is 44.1 Å². The van der Waals surface area contributed by atoms with Gasteiger partial charge in [0.25, 0.3) is 0 Å². The van der Waals surface area contributed by atoms with Crippen LogP contribution >= 0.6 is 11.8 Å². The molecule has 0 aliphatic carbocycles. The summed E-state index contributed by atoms with van der Waals surface area (Å²) >= 11 is 1.15. The SMILES string of the molecule is C#Cc1cc(CN)cc(F)c1NS(C)(=O)=O.C#Cc1cc(CNC(=O)/C=C\c2ccc(C(F)(F)F)nc2SCCC)cc(F)c1NS(C)(=O)=O. The van der Waals surface area contributed by atoms with Crippen molar-refractivity contribution in [1.29, 1.82) is 0 Å². The Bertz CT molecular complexity index is 2060. The number of anilines is 2. The molecule has 1 amide bonds. The lowest BCUT2D eigenvalue weighted by atomic mass is 10.1. The molecule has 3 rings (SSSR count). The smallest absolute Gasteiger partial charge is 0.348 e. The van der Waals surface area contributed by atoms with Crippen molar-refractivity contribution >= 4 is 55.2 Å². The minimum Gasteiger partial charge on any atom is -0.348 e. The summed E-state index contributed by atoms with van der Waals surface area (Å²) in [5.41, 5.74) is 4.95. The van der Waals surface area contributed by atoms with Crippen molar-refractivity contribution in [3.63, 3.8) is 0 Å². The average Bonchev–Trinajstić information content (AvgIpc) is 3.02. The van der Waals surface area contributed by atoms with E-state index in [1.807, 2.05) is 16.4 Å². The van der Waals surface area contributed by atoms with E-state index in [0.29, 0.717) is 16.9 Å². The van der Waals surface area contributed by atoms with Gasteiger partial charge >= 0.3 is 6.18 Å². The van der Waals surface area contributed by atoms with E-state index in [-0.39, 0.29) is 46.2 Å². The van der Waals surface area contributed by atoms with E-state index in [1.165, 1.54) is 24.3 Å². The zero-order chi connectivity index (χ0) is 37.9. The number of aromatic nitrogens is 1. The fourth-order valence-electron chi connectivity index (χ4n) is 3.82. The summed E-state index contributed by atoms with van der Waals surface area (Å²) in [6.45, 7) is 1.88. The molecule has 10 nitrogen and oxygen atoms in total. The highest BCUT2D eigenvalue weighted by Gasteiger charge is 2.33. The zero-order valence-electron chi connectivity index (χ0n) is 26.8. The van der Waals surface area contributed by atoms with Crippen LogP contribution in [0.5, 0.6) is 0 Å². The third-order valence-corrected chi connectivity index (χ3v) is 8.29. The van der Waals surface area contributed by atoms with Gasteiger partial charge in [0.05, 0.1) is 35.0 Å². The van der Waals surface area contributed by atoms with Crippen LogP contribution in [0.2, 0.25) is 0 Å². The van der Waals surface area contributed by atoms with Crippen molar-refractivity contribution in [2.45, 2.75) is 37.6 Å². The van der Waals surface area contributed by atoms with Crippen LogP contribution in [-0.4, -0.2) is 46.0 Å². The number of nitrogens with one attached hydrogen (secondary N) is 3. The van der Waals surface area contributed by atoms with Gasteiger partial charge in [-0.1, -0.05) is 24.8 Å². The summed E-state index contributed by atoms with van der Waals surface area (Å²) in [7, 11) is -7.33. The number of hydrogen-bond acceptors (Lipinski definition) is 8. The summed E-state index contributed by atoms with van der Waals surface area (Å²) in [5.74, 6) is 2.72. The van der Waals surface area contributed by atoms with Crippen LogP contribution in [0, 0.1) is 36.3 Å². The summed E-state index contributed by atoms with van der Waals surface area (Å²) in [5, 5.41) is 2.66. The van der Waals surface area contributed by atoms with Gasteiger partial charge in [0.15, 0.2) is 0 Å². The molecular weight excluding hydrogens is 726 g/mol. The Morgan fingerprint density at radius 2 is 1.46 bits per heavy atom. The van der Waals surface area contributed by atoms with Gasteiger partial charge in [-0.2, -0.15) is 13.2 Å². The van der Waals surface area contributed by atoms with E-state index in [9.17, 15) is 43.6 Å². The van der Waals surface area contributed by atoms with Crippen LogP contribution in [0.3, 0.4) is 0 Å². The first-order valence-electron chi connectivity index (χ1n) is 14.1. The maximum Gasteiger partial charge on any atom is 0.433 e. The van der Waals surface area contributed by atoms with Crippen molar-refractivity contribution < 1.29 is 43.6 Å². The molecule has 0 spiro atoms. The number of carbonyl (C=O) groups is 1. The van der Waals surface area contributed by atoms with Crippen LogP contribution in [0.1, 0.15) is 46.9 Å². The summed E-state index contributed by atoms with van der Waals surface area (Å²) in [6.07, 6.45) is 10.9. The third-order valence-electron chi connectivity index (χ3n) is 5.93. The zero-order valence-corrected chi connectivity index (χ0v) is 29.2. The molecule has 0 bridgehead atoms. The lowest BCUT2D eigenvalue weighted by Crippen LogP contribution is -2.21. The number of amides is 1. The van der Waals surface area contributed by atoms with Gasteiger partial charge in [0, 0.05) is 24.7 Å². The number of thioether (sulfide) groups is 1. The lowest BCUT2D eigenvalue weighted by Gasteiger charge is -2.11. The highest BCUT2D eigenvalue weighted by Crippen LogP contribution is 2.31.